The normalized spacial score (nSPS) is 25.0. The van der Waals surface area contributed by atoms with Gasteiger partial charge in [-0.1, -0.05) is 13.3 Å². The summed E-state index contributed by atoms with van der Waals surface area (Å²) in [7, 11) is 0. The lowest BCUT2D eigenvalue weighted by Crippen LogP contribution is -2.40. The van der Waals surface area contributed by atoms with Gasteiger partial charge >= 0.3 is 0 Å². The summed E-state index contributed by atoms with van der Waals surface area (Å²) in [6, 6.07) is 0. The number of hydrogen-bond donors (Lipinski definition) is 1. The van der Waals surface area contributed by atoms with Gasteiger partial charge in [0.15, 0.2) is 0 Å². The summed E-state index contributed by atoms with van der Waals surface area (Å²) >= 11 is 0. The molecule has 0 radical (unpaired) electrons. The van der Waals surface area contributed by atoms with E-state index in [1.165, 1.54) is 0 Å². The maximum atomic E-state index is 11.1. The molecule has 1 aliphatic rings. The summed E-state index contributed by atoms with van der Waals surface area (Å²) in [6.45, 7) is 2.05. The molecule has 1 aliphatic heterocycles. The fourth-order valence-electron chi connectivity index (χ4n) is 1.36. The smallest absolute Gasteiger partial charge is 0.229 e. The van der Waals surface area contributed by atoms with Gasteiger partial charge in [0.05, 0.1) is 0 Å². The minimum absolute atomic E-state index is 0.0805. The molecule has 1 saturated heterocycles. The first-order chi connectivity index (χ1) is 5.24. The van der Waals surface area contributed by atoms with Gasteiger partial charge in [-0.2, -0.15) is 0 Å². The Labute approximate surface area is 66.2 Å². The molecule has 0 bridgehead atoms. The van der Waals surface area contributed by atoms with Crippen LogP contribution >= 0.6 is 0 Å². The van der Waals surface area contributed by atoms with Crippen LogP contribution in [0.5, 0.6) is 0 Å². The number of amides is 2. The summed E-state index contributed by atoms with van der Waals surface area (Å²) in [4.78, 5) is 21.8. The molecule has 0 unspecified atom stereocenters. The maximum absolute atomic E-state index is 11.1. The van der Waals surface area contributed by atoms with Gasteiger partial charge in [-0.3, -0.25) is 14.9 Å². The third-order valence-corrected chi connectivity index (χ3v) is 1.99. The zero-order chi connectivity index (χ0) is 8.27. The van der Waals surface area contributed by atoms with E-state index in [0.29, 0.717) is 6.42 Å². The zero-order valence-corrected chi connectivity index (χ0v) is 6.72. The molecule has 11 heavy (non-hydrogen) atoms. The second-order valence-corrected chi connectivity index (χ2v) is 2.94. The number of nitrogens with one attached hydrogen (secondary N) is 1. The highest BCUT2D eigenvalue weighted by molar-refractivity contribution is 5.98. The molecule has 3 heteroatoms. The summed E-state index contributed by atoms with van der Waals surface area (Å²) in [6.07, 6.45) is 3.15. The minimum atomic E-state index is -0.123. The number of carbonyl (C=O) groups is 2. The van der Waals surface area contributed by atoms with Crippen molar-refractivity contribution < 1.29 is 9.59 Å². The topological polar surface area (TPSA) is 46.2 Å². The predicted molar refractivity (Wildman–Crippen MR) is 40.8 cm³/mol. The van der Waals surface area contributed by atoms with Crippen LogP contribution in [-0.4, -0.2) is 11.8 Å². The summed E-state index contributed by atoms with van der Waals surface area (Å²) in [5.74, 6) is -0.122. The van der Waals surface area contributed by atoms with Crippen molar-refractivity contribution in [1.29, 1.82) is 0 Å². The molecule has 1 N–H and O–H groups in total. The first-order valence-corrected chi connectivity index (χ1v) is 4.07. The van der Waals surface area contributed by atoms with E-state index in [1.807, 2.05) is 6.92 Å². The van der Waals surface area contributed by atoms with Crippen LogP contribution in [-0.2, 0) is 9.59 Å². The Morgan fingerprint density at radius 1 is 1.55 bits per heavy atom. The Hall–Kier alpha value is -0.860. The van der Waals surface area contributed by atoms with E-state index in [1.54, 1.807) is 0 Å². The van der Waals surface area contributed by atoms with Gasteiger partial charge in [0.1, 0.15) is 0 Å². The summed E-state index contributed by atoms with van der Waals surface area (Å²) in [5.41, 5.74) is 0. The number of carbonyl (C=O) groups excluding carboxylic acids is 2. The van der Waals surface area contributed by atoms with Crippen LogP contribution in [0.1, 0.15) is 32.6 Å². The highest BCUT2D eigenvalue weighted by Gasteiger charge is 2.24. The molecular formula is C8H13NO2. The van der Waals surface area contributed by atoms with Gasteiger partial charge in [-0.15, -0.1) is 0 Å². The van der Waals surface area contributed by atoms with Crippen molar-refractivity contribution in [1.82, 2.24) is 5.32 Å². The molecule has 0 aliphatic carbocycles. The van der Waals surface area contributed by atoms with Crippen molar-refractivity contribution in [3.8, 4) is 0 Å². The lowest BCUT2D eigenvalue weighted by atomic mass is 9.94. The molecule has 1 fully saturated rings. The molecule has 3 nitrogen and oxygen atoms in total. The van der Waals surface area contributed by atoms with Crippen molar-refractivity contribution in [2.45, 2.75) is 32.6 Å². The highest BCUT2D eigenvalue weighted by atomic mass is 16.2. The van der Waals surface area contributed by atoms with E-state index in [0.717, 1.165) is 19.3 Å². The lowest BCUT2D eigenvalue weighted by Gasteiger charge is -2.19. The standard InChI is InChI=1S/C8H13NO2/c1-2-3-6-4-5-7(10)9-8(6)11/h6H,2-5H2,1H3,(H,9,10,11)/t6-/m1/s1. The second kappa shape index (κ2) is 3.51. The molecule has 0 aromatic heterocycles. The summed E-state index contributed by atoms with van der Waals surface area (Å²) in [5, 5.41) is 2.34. The first kappa shape index (κ1) is 8.24. The van der Waals surface area contributed by atoms with E-state index in [-0.39, 0.29) is 17.7 Å². The van der Waals surface area contributed by atoms with Gasteiger partial charge in [0.25, 0.3) is 0 Å². The fraction of sp³-hybridized carbons (Fsp3) is 0.750. The average molecular weight is 155 g/mol. The monoisotopic (exact) mass is 155 g/mol. The number of rotatable bonds is 2. The van der Waals surface area contributed by atoms with Crippen molar-refractivity contribution in [2.75, 3.05) is 0 Å². The molecule has 1 rings (SSSR count). The van der Waals surface area contributed by atoms with Crippen LogP contribution in [0.15, 0.2) is 0 Å². The Kier molecular flexibility index (Phi) is 2.63. The van der Waals surface area contributed by atoms with Crippen molar-refractivity contribution in [3.63, 3.8) is 0 Å². The molecule has 0 spiro atoms. The SMILES string of the molecule is CCC[C@@H]1CCC(=O)NC1=O. The third kappa shape index (κ3) is 2.03. The van der Waals surface area contributed by atoms with Crippen LogP contribution in [0, 0.1) is 5.92 Å². The van der Waals surface area contributed by atoms with E-state index in [9.17, 15) is 9.59 Å². The Morgan fingerprint density at radius 3 is 2.82 bits per heavy atom. The van der Waals surface area contributed by atoms with Crippen molar-refractivity contribution >= 4 is 11.8 Å². The second-order valence-electron chi connectivity index (χ2n) is 2.94. The van der Waals surface area contributed by atoms with Crippen LogP contribution in [0.2, 0.25) is 0 Å². The van der Waals surface area contributed by atoms with E-state index >= 15 is 0 Å². The molecule has 62 valence electrons. The van der Waals surface area contributed by atoms with Gasteiger partial charge in [-0.05, 0) is 12.8 Å². The fourth-order valence-corrected chi connectivity index (χ4v) is 1.36. The molecule has 2 amide bonds. The van der Waals surface area contributed by atoms with Crippen molar-refractivity contribution in [2.24, 2.45) is 5.92 Å². The van der Waals surface area contributed by atoms with Gasteiger partial charge in [0.2, 0.25) is 11.8 Å². The first-order valence-electron chi connectivity index (χ1n) is 4.07. The molecular weight excluding hydrogens is 142 g/mol. The predicted octanol–water partition coefficient (Wildman–Crippen LogP) is 0.839. The van der Waals surface area contributed by atoms with Crippen LogP contribution in [0.25, 0.3) is 0 Å². The number of imide groups is 1. The summed E-state index contributed by atoms with van der Waals surface area (Å²) < 4.78 is 0. The molecule has 1 heterocycles. The van der Waals surface area contributed by atoms with E-state index in [4.69, 9.17) is 0 Å². The number of piperidine rings is 1. The highest BCUT2D eigenvalue weighted by Crippen LogP contribution is 2.16. The van der Waals surface area contributed by atoms with Gasteiger partial charge in [-0.25, -0.2) is 0 Å². The largest absolute Gasteiger partial charge is 0.296 e. The quantitative estimate of drug-likeness (QED) is 0.600. The van der Waals surface area contributed by atoms with Crippen molar-refractivity contribution in [3.05, 3.63) is 0 Å². The Bertz CT molecular complexity index is 177. The average Bonchev–Trinajstić information content (AvgIpc) is 1.95. The van der Waals surface area contributed by atoms with E-state index < -0.39 is 0 Å². The molecule has 0 saturated carbocycles. The van der Waals surface area contributed by atoms with Crippen LogP contribution in [0.3, 0.4) is 0 Å². The molecule has 0 aromatic rings. The van der Waals surface area contributed by atoms with Crippen LogP contribution < -0.4 is 5.32 Å². The molecule has 1 atom stereocenters. The number of hydrogen-bond acceptors (Lipinski definition) is 2. The van der Waals surface area contributed by atoms with Gasteiger partial charge in [0, 0.05) is 12.3 Å². The minimum Gasteiger partial charge on any atom is -0.296 e. The van der Waals surface area contributed by atoms with Crippen LogP contribution in [0.4, 0.5) is 0 Å². The zero-order valence-electron chi connectivity index (χ0n) is 6.72. The third-order valence-electron chi connectivity index (χ3n) is 1.99. The maximum Gasteiger partial charge on any atom is 0.229 e. The molecule has 0 aromatic carbocycles. The Morgan fingerprint density at radius 2 is 2.27 bits per heavy atom. The van der Waals surface area contributed by atoms with Gasteiger partial charge < -0.3 is 0 Å². The van der Waals surface area contributed by atoms with E-state index in [2.05, 4.69) is 5.32 Å². The lowest BCUT2D eigenvalue weighted by molar-refractivity contribution is -0.136. The Balaban J connectivity index is 2.44.